The predicted octanol–water partition coefficient (Wildman–Crippen LogP) is 2.29. The molecule has 0 unspecified atom stereocenters. The van der Waals surface area contributed by atoms with Gasteiger partial charge in [0.25, 0.3) is 5.91 Å². The van der Waals surface area contributed by atoms with E-state index in [4.69, 9.17) is 0 Å². The molecule has 0 spiro atoms. The lowest BCUT2D eigenvalue weighted by Gasteiger charge is -2.26. The lowest BCUT2D eigenvalue weighted by Crippen LogP contribution is -2.43. The van der Waals surface area contributed by atoms with E-state index in [0.29, 0.717) is 11.1 Å². The third-order valence-electron chi connectivity index (χ3n) is 4.12. The summed E-state index contributed by atoms with van der Waals surface area (Å²) in [5.41, 5.74) is 0.360. The molecule has 2 aromatic rings. The number of amides is 3. The maximum atomic E-state index is 13.3. The maximum absolute atomic E-state index is 13.3. The molecule has 0 atom stereocenters. The Bertz CT molecular complexity index is 960. The molecule has 0 fully saturated rings. The van der Waals surface area contributed by atoms with Crippen molar-refractivity contribution in [3.63, 3.8) is 0 Å². The zero-order chi connectivity index (χ0) is 19.6. The number of imide groups is 1. The fourth-order valence-electron chi connectivity index (χ4n) is 2.79. The van der Waals surface area contributed by atoms with Crippen LogP contribution in [-0.2, 0) is 16.0 Å². The minimum atomic E-state index is -1.01. The lowest BCUT2D eigenvalue weighted by atomic mass is 9.98. The number of fused-ring (bicyclic) bond motifs is 1. The molecule has 138 valence electrons. The molecule has 1 heterocycles. The molecule has 3 amide bonds. The van der Waals surface area contributed by atoms with Crippen molar-refractivity contribution in [1.29, 1.82) is 0 Å². The van der Waals surface area contributed by atoms with Gasteiger partial charge in [0.15, 0.2) is 0 Å². The molecule has 8 nitrogen and oxygen atoms in total. The van der Waals surface area contributed by atoms with Crippen LogP contribution < -0.4 is 5.32 Å². The number of hydrogen-bond donors (Lipinski definition) is 1. The fraction of sp³-hybridized carbons (Fsp3) is 0.167. The van der Waals surface area contributed by atoms with Gasteiger partial charge in [0.05, 0.1) is 11.3 Å². The zero-order valence-corrected chi connectivity index (χ0v) is 14.0. The number of anilines is 1. The van der Waals surface area contributed by atoms with Crippen LogP contribution >= 0.6 is 0 Å². The Morgan fingerprint density at radius 1 is 1.22 bits per heavy atom. The van der Waals surface area contributed by atoms with Gasteiger partial charge in [0, 0.05) is 30.3 Å². The van der Waals surface area contributed by atoms with E-state index in [1.165, 1.54) is 6.07 Å². The first-order chi connectivity index (χ1) is 12.9. The number of nitro benzene ring substituents is 1. The molecule has 0 saturated carbocycles. The highest BCUT2D eigenvalue weighted by molar-refractivity contribution is 6.10. The van der Waals surface area contributed by atoms with Gasteiger partial charge in [-0.3, -0.25) is 29.4 Å². The van der Waals surface area contributed by atoms with E-state index in [2.05, 4.69) is 5.32 Å². The van der Waals surface area contributed by atoms with Crippen LogP contribution in [0.1, 0.15) is 22.3 Å². The number of carbonyl (C=O) groups is 3. The summed E-state index contributed by atoms with van der Waals surface area (Å²) < 4.78 is 13.3. The molecular weight excluding hydrogens is 357 g/mol. The Labute approximate surface area is 152 Å². The van der Waals surface area contributed by atoms with Gasteiger partial charge < -0.3 is 5.32 Å². The summed E-state index contributed by atoms with van der Waals surface area (Å²) in [5, 5.41) is 13.1. The summed E-state index contributed by atoms with van der Waals surface area (Å²) in [4.78, 5) is 47.5. The quantitative estimate of drug-likeness (QED) is 0.493. The maximum Gasteiger partial charge on any atom is 0.306 e. The van der Waals surface area contributed by atoms with E-state index in [0.717, 1.165) is 17.0 Å². The van der Waals surface area contributed by atoms with Crippen LogP contribution in [0, 0.1) is 15.9 Å². The van der Waals surface area contributed by atoms with Crippen LogP contribution in [0.15, 0.2) is 42.5 Å². The summed E-state index contributed by atoms with van der Waals surface area (Å²) in [7, 11) is 0. The highest BCUT2D eigenvalue weighted by Crippen LogP contribution is 2.22. The number of nitrogens with zero attached hydrogens (tertiary/aromatic N) is 2. The molecule has 0 aliphatic carbocycles. The average molecular weight is 371 g/mol. The van der Waals surface area contributed by atoms with Crippen molar-refractivity contribution in [3.8, 4) is 0 Å². The van der Waals surface area contributed by atoms with E-state index in [-0.39, 0.29) is 25.1 Å². The first kappa shape index (κ1) is 18.2. The van der Waals surface area contributed by atoms with Crippen LogP contribution in [0.25, 0.3) is 0 Å². The Kier molecular flexibility index (Phi) is 4.93. The second-order valence-electron chi connectivity index (χ2n) is 5.91. The smallest absolute Gasteiger partial charge is 0.306 e. The van der Waals surface area contributed by atoms with Gasteiger partial charge in [0.2, 0.25) is 17.6 Å². The number of rotatable bonds is 5. The van der Waals surface area contributed by atoms with Crippen LogP contribution in [0.2, 0.25) is 0 Å². The summed E-state index contributed by atoms with van der Waals surface area (Å²) in [6.07, 6.45) is -0.113. The Hall–Kier alpha value is -3.62. The second-order valence-corrected chi connectivity index (χ2v) is 5.91. The first-order valence-corrected chi connectivity index (χ1v) is 8.03. The molecule has 27 heavy (non-hydrogen) atoms. The summed E-state index contributed by atoms with van der Waals surface area (Å²) >= 11 is 0. The van der Waals surface area contributed by atoms with Crippen LogP contribution in [-0.4, -0.2) is 34.1 Å². The molecule has 3 rings (SSSR count). The van der Waals surface area contributed by atoms with Crippen molar-refractivity contribution in [2.45, 2.75) is 12.8 Å². The Morgan fingerprint density at radius 3 is 2.70 bits per heavy atom. The minimum Gasteiger partial charge on any atom is -0.326 e. The number of benzene rings is 2. The monoisotopic (exact) mass is 371 g/mol. The van der Waals surface area contributed by atoms with Crippen molar-refractivity contribution in [2.75, 3.05) is 11.9 Å². The minimum absolute atomic E-state index is 0.0507. The topological polar surface area (TPSA) is 110 Å². The number of halogens is 1. The van der Waals surface area contributed by atoms with Gasteiger partial charge in [-0.05, 0) is 23.8 Å². The molecule has 9 heteroatoms. The summed E-state index contributed by atoms with van der Waals surface area (Å²) in [6, 6.07) is 9.73. The Balaban J connectivity index is 1.64. The van der Waals surface area contributed by atoms with Gasteiger partial charge >= 0.3 is 5.69 Å². The van der Waals surface area contributed by atoms with E-state index in [9.17, 15) is 28.9 Å². The summed E-state index contributed by atoms with van der Waals surface area (Å²) in [5.74, 6) is -2.44. The molecule has 0 aromatic heterocycles. The van der Waals surface area contributed by atoms with Crippen LogP contribution in [0.3, 0.4) is 0 Å². The van der Waals surface area contributed by atoms with E-state index >= 15 is 0 Å². The SMILES string of the molecule is O=C(CCN1C(=O)Cc2ccccc2C1=O)Nc1ccc(F)c([N+](=O)[O-])c1. The van der Waals surface area contributed by atoms with Gasteiger partial charge in [-0.1, -0.05) is 18.2 Å². The highest BCUT2D eigenvalue weighted by Gasteiger charge is 2.30. The standard InChI is InChI=1S/C18H14FN3O5/c19-14-6-5-12(10-15(14)22(26)27)20-16(23)7-8-21-17(24)9-11-3-1-2-4-13(11)18(21)25/h1-6,10H,7-9H2,(H,20,23). The molecule has 2 aromatic carbocycles. The highest BCUT2D eigenvalue weighted by atomic mass is 19.1. The van der Waals surface area contributed by atoms with E-state index in [1.807, 2.05) is 0 Å². The molecular formula is C18H14FN3O5. The number of carbonyl (C=O) groups excluding carboxylic acids is 3. The van der Waals surface area contributed by atoms with Gasteiger partial charge in [0.1, 0.15) is 0 Å². The van der Waals surface area contributed by atoms with Gasteiger partial charge in [-0.25, -0.2) is 0 Å². The third kappa shape index (κ3) is 3.81. The number of nitro groups is 1. The lowest BCUT2D eigenvalue weighted by molar-refractivity contribution is -0.387. The van der Waals surface area contributed by atoms with Crippen molar-refractivity contribution in [1.82, 2.24) is 4.90 Å². The molecule has 0 radical (unpaired) electrons. The largest absolute Gasteiger partial charge is 0.326 e. The third-order valence-corrected chi connectivity index (χ3v) is 4.12. The van der Waals surface area contributed by atoms with Crippen molar-refractivity contribution < 1.29 is 23.7 Å². The molecule has 0 bridgehead atoms. The zero-order valence-electron chi connectivity index (χ0n) is 14.0. The first-order valence-electron chi connectivity index (χ1n) is 8.03. The van der Waals surface area contributed by atoms with E-state index < -0.39 is 34.1 Å². The molecule has 1 aliphatic rings. The molecule has 1 N–H and O–H groups in total. The van der Waals surface area contributed by atoms with Gasteiger partial charge in [-0.15, -0.1) is 0 Å². The molecule has 1 aliphatic heterocycles. The summed E-state index contributed by atoms with van der Waals surface area (Å²) in [6.45, 7) is -0.124. The van der Waals surface area contributed by atoms with Crippen LogP contribution in [0.5, 0.6) is 0 Å². The predicted molar refractivity (Wildman–Crippen MR) is 92.5 cm³/mol. The fourth-order valence-corrected chi connectivity index (χ4v) is 2.79. The number of hydrogen-bond acceptors (Lipinski definition) is 5. The van der Waals surface area contributed by atoms with Crippen LogP contribution in [0.4, 0.5) is 15.8 Å². The average Bonchev–Trinajstić information content (AvgIpc) is 2.63. The van der Waals surface area contributed by atoms with Gasteiger partial charge in [-0.2, -0.15) is 4.39 Å². The second kappa shape index (κ2) is 7.32. The Morgan fingerprint density at radius 2 is 1.96 bits per heavy atom. The van der Waals surface area contributed by atoms with E-state index in [1.54, 1.807) is 24.3 Å². The normalized spacial score (nSPS) is 13.3. The van der Waals surface area contributed by atoms with Crippen molar-refractivity contribution in [3.05, 3.63) is 69.5 Å². The molecule has 0 saturated heterocycles. The van der Waals surface area contributed by atoms with Crippen molar-refractivity contribution in [2.24, 2.45) is 0 Å². The number of nitrogens with one attached hydrogen (secondary N) is 1. The van der Waals surface area contributed by atoms with Crippen molar-refractivity contribution >= 4 is 29.1 Å².